The van der Waals surface area contributed by atoms with Gasteiger partial charge in [0.25, 0.3) is 23.6 Å². The van der Waals surface area contributed by atoms with Crippen LogP contribution in [0.25, 0.3) is 0 Å². The molecule has 0 saturated heterocycles. The molecular formula is C45H24F6N2O10. The van der Waals surface area contributed by atoms with E-state index >= 15 is 26.3 Å². The highest BCUT2D eigenvalue weighted by atomic mass is 19.4. The van der Waals surface area contributed by atoms with E-state index in [0.717, 1.165) is 0 Å². The van der Waals surface area contributed by atoms with Crippen molar-refractivity contribution >= 4 is 46.9 Å². The Morgan fingerprint density at radius 1 is 0.413 bits per heavy atom. The molecule has 6 aromatic carbocycles. The van der Waals surface area contributed by atoms with Gasteiger partial charge in [0.15, 0.2) is 0 Å². The Kier molecular flexibility index (Phi) is 9.88. The summed E-state index contributed by atoms with van der Waals surface area (Å²) >= 11 is 0. The zero-order valence-electron chi connectivity index (χ0n) is 31.5. The molecule has 0 unspecified atom stereocenters. The fraction of sp³-hybridized carbons (Fsp3) is 0.0667. The van der Waals surface area contributed by atoms with Crippen LogP contribution >= 0.6 is 0 Å². The molecule has 8 rings (SSSR count). The smallest absolute Gasteiger partial charge is 0.411 e. The number of benzene rings is 6. The molecule has 0 aromatic heterocycles. The van der Waals surface area contributed by atoms with E-state index in [1.54, 1.807) is 0 Å². The second kappa shape index (κ2) is 15.0. The lowest BCUT2D eigenvalue weighted by Crippen LogP contribution is -2.55. The topological polar surface area (TPSA) is 168 Å². The number of amides is 4. The van der Waals surface area contributed by atoms with Gasteiger partial charge in [-0.25, -0.2) is 19.4 Å². The van der Waals surface area contributed by atoms with Gasteiger partial charge in [0.2, 0.25) is 5.41 Å². The van der Waals surface area contributed by atoms with E-state index in [0.29, 0.717) is 46.2 Å². The van der Waals surface area contributed by atoms with Crippen molar-refractivity contribution in [2.45, 2.75) is 17.8 Å². The Hall–Kier alpha value is -8.28. The van der Waals surface area contributed by atoms with Crippen molar-refractivity contribution in [1.29, 1.82) is 0 Å². The summed E-state index contributed by atoms with van der Waals surface area (Å²) in [5.74, 6) is -6.06. The third-order valence-corrected chi connectivity index (χ3v) is 10.4. The lowest BCUT2D eigenvalue weighted by molar-refractivity contribution is -0.288. The van der Waals surface area contributed by atoms with Crippen LogP contribution in [0.15, 0.2) is 133 Å². The zero-order valence-corrected chi connectivity index (χ0v) is 31.5. The Bertz CT molecular complexity index is 2700. The first-order valence-electron chi connectivity index (χ1n) is 18.2. The minimum absolute atomic E-state index is 0.00193. The van der Waals surface area contributed by atoms with Gasteiger partial charge in [0.1, 0.15) is 23.0 Å². The predicted octanol–water partition coefficient (Wildman–Crippen LogP) is 9.68. The van der Waals surface area contributed by atoms with Gasteiger partial charge in [0.05, 0.1) is 44.8 Å². The number of ether oxygens (including phenoxy) is 2. The first-order valence-corrected chi connectivity index (χ1v) is 18.2. The normalized spacial score (nSPS) is 13.9. The molecular weight excluding hydrogens is 842 g/mol. The van der Waals surface area contributed by atoms with Gasteiger partial charge in [-0.2, -0.15) is 26.3 Å². The zero-order chi connectivity index (χ0) is 45.2. The number of hydrogen-bond donors (Lipinski definition) is 2. The molecule has 0 aliphatic carbocycles. The highest BCUT2D eigenvalue weighted by molar-refractivity contribution is 6.35. The van der Waals surface area contributed by atoms with Gasteiger partial charge >= 0.3 is 24.3 Å². The quantitative estimate of drug-likeness (QED) is 0.0999. The van der Waals surface area contributed by atoms with Gasteiger partial charge < -0.3 is 19.7 Å². The molecule has 2 aliphatic rings. The Morgan fingerprint density at radius 2 is 0.698 bits per heavy atom. The minimum Gasteiger partial charge on any atom is -0.478 e. The van der Waals surface area contributed by atoms with Crippen LogP contribution in [-0.2, 0) is 5.41 Å². The predicted molar refractivity (Wildman–Crippen MR) is 208 cm³/mol. The largest absolute Gasteiger partial charge is 0.478 e. The van der Waals surface area contributed by atoms with Gasteiger partial charge in [-0.3, -0.25) is 19.2 Å². The second-order valence-electron chi connectivity index (χ2n) is 14.0. The number of aromatic carboxylic acids is 2. The summed E-state index contributed by atoms with van der Waals surface area (Å²) in [6, 6.07) is 23.9. The van der Waals surface area contributed by atoms with Crippen molar-refractivity contribution in [1.82, 2.24) is 0 Å². The highest BCUT2D eigenvalue weighted by Gasteiger charge is 2.73. The van der Waals surface area contributed by atoms with Gasteiger partial charge in [-0.05, 0) is 132 Å². The number of carboxylic acid groups (broad SMARTS) is 2. The first kappa shape index (κ1) is 41.5. The van der Waals surface area contributed by atoms with Gasteiger partial charge in [0, 0.05) is 0 Å². The Balaban J connectivity index is 1.09. The molecule has 0 radical (unpaired) electrons. The van der Waals surface area contributed by atoms with Crippen LogP contribution in [0.3, 0.4) is 0 Å². The molecule has 0 spiro atoms. The molecule has 4 amide bonds. The summed E-state index contributed by atoms with van der Waals surface area (Å²) in [7, 11) is 0. The summed E-state index contributed by atoms with van der Waals surface area (Å²) in [5, 5.41) is 18.2. The number of anilines is 2. The molecule has 2 N–H and O–H groups in total. The second-order valence-corrected chi connectivity index (χ2v) is 14.0. The van der Waals surface area contributed by atoms with E-state index < -0.39 is 86.7 Å². The summed E-state index contributed by atoms with van der Waals surface area (Å²) < 4.78 is 103. The molecule has 12 nitrogen and oxygen atoms in total. The third kappa shape index (κ3) is 6.96. The molecule has 0 bridgehead atoms. The van der Waals surface area contributed by atoms with E-state index in [-0.39, 0.29) is 45.5 Å². The number of alkyl halides is 6. The number of carbonyl (C=O) groups is 6. The Morgan fingerprint density at radius 3 is 0.984 bits per heavy atom. The highest BCUT2D eigenvalue weighted by Crippen LogP contribution is 2.57. The molecule has 18 heteroatoms. The fourth-order valence-corrected chi connectivity index (χ4v) is 7.33. The average molecular weight is 867 g/mol. The maximum Gasteiger partial charge on any atom is 0.411 e. The summed E-state index contributed by atoms with van der Waals surface area (Å²) in [6.07, 6.45) is -12.4. The summed E-state index contributed by atoms with van der Waals surface area (Å²) in [5.41, 5.74) is -10.6. The average Bonchev–Trinajstić information content (AvgIpc) is 3.64. The van der Waals surface area contributed by atoms with E-state index in [4.69, 9.17) is 19.7 Å². The van der Waals surface area contributed by atoms with Crippen molar-refractivity contribution in [3.05, 3.63) is 178 Å². The van der Waals surface area contributed by atoms with Crippen molar-refractivity contribution in [3.8, 4) is 23.0 Å². The van der Waals surface area contributed by atoms with Crippen LogP contribution in [0.4, 0.5) is 37.7 Å². The van der Waals surface area contributed by atoms with E-state index in [1.165, 1.54) is 97.1 Å². The molecule has 0 saturated carbocycles. The van der Waals surface area contributed by atoms with Crippen molar-refractivity contribution in [2.75, 3.05) is 9.80 Å². The Labute approximate surface area is 349 Å². The van der Waals surface area contributed by atoms with Crippen LogP contribution in [0.2, 0.25) is 0 Å². The molecule has 0 atom stereocenters. The number of halogens is 6. The van der Waals surface area contributed by atoms with Crippen LogP contribution in [0.1, 0.15) is 73.3 Å². The number of carboxylic acids is 2. The molecule has 63 heavy (non-hydrogen) atoms. The molecule has 316 valence electrons. The van der Waals surface area contributed by atoms with Gasteiger partial charge in [-0.15, -0.1) is 0 Å². The molecule has 6 aromatic rings. The lowest BCUT2D eigenvalue weighted by Gasteiger charge is -2.38. The first-order chi connectivity index (χ1) is 29.8. The monoisotopic (exact) mass is 866 g/mol. The lowest BCUT2D eigenvalue weighted by atomic mass is 9.71. The molecule has 2 aliphatic heterocycles. The number of nitrogens with zero attached hydrogens (tertiary/aromatic N) is 2. The fourth-order valence-electron chi connectivity index (χ4n) is 7.33. The van der Waals surface area contributed by atoms with Crippen LogP contribution < -0.4 is 19.3 Å². The van der Waals surface area contributed by atoms with Crippen molar-refractivity contribution in [2.24, 2.45) is 0 Å². The standard InChI is InChI=1S/C45H24F6N2O10/c46-44(47,48)43(45(49,50)51,25-5-19-33-35(21-25)39(56)52(37(33)54)27-7-15-31(16-8-27)62-29-11-1-23(2-12-29)41(58)59)26-6-20-34-36(22-26)40(57)53(38(34)55)28-9-17-32(18-10-28)63-30-13-3-24(4-14-30)42(60)61/h1-22H,(H,58,59)(H,60,61). The van der Waals surface area contributed by atoms with E-state index in [2.05, 4.69) is 0 Å². The SMILES string of the molecule is O=C(O)c1ccc(Oc2ccc(N3C(=O)c4ccc(C(c5ccc6c(c5)C(=O)N(c5ccc(Oc7ccc(C(=O)O)cc7)cc5)C6=O)(C(F)(F)F)C(F)(F)F)cc4C3=O)cc2)cc1. The number of fused-ring (bicyclic) bond motifs is 2. The number of carbonyl (C=O) groups excluding carboxylic acids is 4. The number of imide groups is 2. The third-order valence-electron chi connectivity index (χ3n) is 10.4. The number of hydrogen-bond acceptors (Lipinski definition) is 8. The molecule has 0 fully saturated rings. The van der Waals surface area contributed by atoms with Crippen molar-refractivity contribution < 1.29 is 74.8 Å². The summed E-state index contributed by atoms with van der Waals surface area (Å²) in [4.78, 5) is 77.6. The maximum absolute atomic E-state index is 15.4. The maximum atomic E-state index is 15.4. The number of rotatable bonds is 10. The minimum atomic E-state index is -6.18. The van der Waals surface area contributed by atoms with Gasteiger partial charge in [-0.1, -0.05) is 12.1 Å². The van der Waals surface area contributed by atoms with E-state index in [1.807, 2.05) is 0 Å². The summed E-state index contributed by atoms with van der Waals surface area (Å²) in [6.45, 7) is 0. The van der Waals surface area contributed by atoms with Crippen LogP contribution in [0.5, 0.6) is 23.0 Å². The van der Waals surface area contributed by atoms with Crippen LogP contribution in [-0.4, -0.2) is 58.1 Å². The van der Waals surface area contributed by atoms with E-state index in [9.17, 15) is 28.8 Å². The van der Waals surface area contributed by atoms with Crippen molar-refractivity contribution in [3.63, 3.8) is 0 Å². The van der Waals surface area contributed by atoms with Crippen LogP contribution in [0, 0.1) is 0 Å². The molecule has 2 heterocycles.